The summed E-state index contributed by atoms with van der Waals surface area (Å²) in [6, 6.07) is 0. The summed E-state index contributed by atoms with van der Waals surface area (Å²) in [5.41, 5.74) is 4.96. The van der Waals surface area contributed by atoms with E-state index in [1.165, 1.54) is 0 Å². The third-order valence-corrected chi connectivity index (χ3v) is 3.45. The smallest absolute Gasteiger partial charge is 0.410 e. The molecular weight excluding hydrogens is 274 g/mol. The third-order valence-electron chi connectivity index (χ3n) is 3.45. The van der Waals surface area contributed by atoms with Crippen LogP contribution in [0.1, 0.15) is 27.2 Å². The van der Waals surface area contributed by atoms with E-state index in [1.807, 2.05) is 20.8 Å². The lowest BCUT2D eigenvalue weighted by Gasteiger charge is -2.35. The highest BCUT2D eigenvalue weighted by Crippen LogP contribution is 2.12. The first-order valence-electron chi connectivity index (χ1n) is 7.36. The summed E-state index contributed by atoms with van der Waals surface area (Å²) in [4.78, 5) is 26.7. The molecule has 0 aromatic heterocycles. The number of piperazine rings is 1. The van der Waals surface area contributed by atoms with E-state index in [4.69, 9.17) is 15.6 Å². The van der Waals surface area contributed by atoms with Gasteiger partial charge in [0.15, 0.2) is 0 Å². The summed E-state index contributed by atoms with van der Waals surface area (Å²) in [6.45, 7) is 9.07. The Hall–Kier alpha value is -1.34. The van der Waals surface area contributed by atoms with Crippen molar-refractivity contribution >= 4 is 12.1 Å². The van der Waals surface area contributed by atoms with Gasteiger partial charge in [-0.3, -0.25) is 9.69 Å². The Kier molecular flexibility index (Phi) is 6.42. The number of nitrogens with two attached hydrogens (primary N) is 1. The van der Waals surface area contributed by atoms with Crippen molar-refractivity contribution in [3.05, 3.63) is 0 Å². The zero-order valence-corrected chi connectivity index (χ0v) is 13.2. The summed E-state index contributed by atoms with van der Waals surface area (Å²) >= 11 is 0. The fraction of sp³-hybridized carbons (Fsp3) is 0.857. The molecule has 1 heterocycles. The number of amides is 1. The van der Waals surface area contributed by atoms with Gasteiger partial charge in [-0.05, 0) is 33.7 Å². The minimum absolute atomic E-state index is 0.160. The van der Waals surface area contributed by atoms with Crippen LogP contribution in [0.3, 0.4) is 0 Å². The fourth-order valence-electron chi connectivity index (χ4n) is 2.16. The molecule has 0 saturated carbocycles. The summed E-state index contributed by atoms with van der Waals surface area (Å²) in [5.74, 6) is -1.33. The number of carbonyl (C=O) groups excluding carboxylic acids is 1. The Balaban J connectivity index is 2.32. The number of aliphatic carboxylic acids is 1. The van der Waals surface area contributed by atoms with E-state index >= 15 is 0 Å². The van der Waals surface area contributed by atoms with Crippen LogP contribution in [0.15, 0.2) is 0 Å². The van der Waals surface area contributed by atoms with Crippen molar-refractivity contribution < 1.29 is 19.4 Å². The maximum absolute atomic E-state index is 11.9. The number of carbonyl (C=O) groups is 2. The number of rotatable bonds is 5. The molecule has 1 unspecified atom stereocenters. The molecule has 1 aliphatic rings. The van der Waals surface area contributed by atoms with Gasteiger partial charge in [0.2, 0.25) is 0 Å². The number of hydrogen-bond acceptors (Lipinski definition) is 5. The molecule has 1 amide bonds. The van der Waals surface area contributed by atoms with E-state index in [-0.39, 0.29) is 12.6 Å². The van der Waals surface area contributed by atoms with Gasteiger partial charge in [-0.1, -0.05) is 0 Å². The van der Waals surface area contributed by atoms with Crippen molar-refractivity contribution in [2.24, 2.45) is 11.7 Å². The maximum Gasteiger partial charge on any atom is 0.410 e. The van der Waals surface area contributed by atoms with Crippen LogP contribution in [0.5, 0.6) is 0 Å². The SMILES string of the molecule is CC(C)(C)OC(=O)N1CCN(CCC(CN)C(=O)O)CC1. The summed E-state index contributed by atoms with van der Waals surface area (Å²) in [5, 5.41) is 8.96. The lowest BCUT2D eigenvalue weighted by Crippen LogP contribution is -2.50. The van der Waals surface area contributed by atoms with E-state index in [0.717, 1.165) is 13.1 Å². The van der Waals surface area contributed by atoms with E-state index in [0.29, 0.717) is 26.1 Å². The molecule has 1 fully saturated rings. The quantitative estimate of drug-likeness (QED) is 0.771. The zero-order chi connectivity index (χ0) is 16.0. The lowest BCUT2D eigenvalue weighted by molar-refractivity contribution is -0.141. The van der Waals surface area contributed by atoms with Gasteiger partial charge in [0.25, 0.3) is 0 Å². The van der Waals surface area contributed by atoms with Gasteiger partial charge in [-0.2, -0.15) is 0 Å². The van der Waals surface area contributed by atoms with Gasteiger partial charge in [-0.25, -0.2) is 4.79 Å². The van der Waals surface area contributed by atoms with Gasteiger partial charge < -0.3 is 20.5 Å². The Bertz CT molecular complexity index is 360. The number of carboxylic acids is 1. The molecule has 0 radical (unpaired) electrons. The Morgan fingerprint density at radius 2 is 1.81 bits per heavy atom. The molecule has 7 heteroatoms. The van der Waals surface area contributed by atoms with Crippen LogP contribution in [-0.4, -0.2) is 71.8 Å². The molecular formula is C14H27N3O4. The van der Waals surface area contributed by atoms with Crippen LogP contribution >= 0.6 is 0 Å². The van der Waals surface area contributed by atoms with Crippen molar-refractivity contribution in [2.75, 3.05) is 39.3 Å². The summed E-state index contributed by atoms with van der Waals surface area (Å²) in [6.07, 6.45) is 0.255. The average molecular weight is 301 g/mol. The highest BCUT2D eigenvalue weighted by atomic mass is 16.6. The standard InChI is InChI=1S/C14H27N3O4/c1-14(2,3)21-13(20)17-8-6-16(7-9-17)5-4-11(10-15)12(18)19/h11H,4-10,15H2,1-3H3,(H,18,19). The average Bonchev–Trinajstić information content (AvgIpc) is 2.37. The molecule has 1 atom stereocenters. The molecule has 1 saturated heterocycles. The van der Waals surface area contributed by atoms with Crippen LogP contribution in [0.2, 0.25) is 0 Å². The second-order valence-electron chi connectivity index (χ2n) is 6.37. The van der Waals surface area contributed by atoms with Gasteiger partial charge in [0.1, 0.15) is 5.60 Å². The first-order valence-corrected chi connectivity index (χ1v) is 7.36. The van der Waals surface area contributed by atoms with Crippen molar-refractivity contribution in [3.8, 4) is 0 Å². The van der Waals surface area contributed by atoms with Crippen LogP contribution in [0.4, 0.5) is 4.79 Å². The minimum atomic E-state index is -0.843. The molecule has 0 aliphatic carbocycles. The first kappa shape index (κ1) is 17.7. The maximum atomic E-state index is 11.9. The van der Waals surface area contributed by atoms with E-state index in [9.17, 15) is 9.59 Å². The molecule has 3 N–H and O–H groups in total. The second-order valence-corrected chi connectivity index (χ2v) is 6.37. The van der Waals surface area contributed by atoms with Crippen molar-refractivity contribution in [3.63, 3.8) is 0 Å². The summed E-state index contributed by atoms with van der Waals surface area (Å²) in [7, 11) is 0. The molecule has 21 heavy (non-hydrogen) atoms. The number of carboxylic acid groups (broad SMARTS) is 1. The molecule has 1 rings (SSSR count). The van der Waals surface area contributed by atoms with Crippen LogP contribution in [0.25, 0.3) is 0 Å². The number of hydrogen-bond donors (Lipinski definition) is 2. The number of nitrogens with zero attached hydrogens (tertiary/aromatic N) is 2. The van der Waals surface area contributed by atoms with E-state index in [1.54, 1.807) is 4.90 Å². The van der Waals surface area contributed by atoms with Crippen LogP contribution in [-0.2, 0) is 9.53 Å². The Labute approximate surface area is 126 Å². The molecule has 0 bridgehead atoms. The predicted octanol–water partition coefficient (Wildman–Crippen LogP) is 0.589. The van der Waals surface area contributed by atoms with Crippen molar-refractivity contribution in [2.45, 2.75) is 32.8 Å². The van der Waals surface area contributed by atoms with Crippen molar-refractivity contribution in [1.82, 2.24) is 9.80 Å². The highest BCUT2D eigenvalue weighted by Gasteiger charge is 2.26. The minimum Gasteiger partial charge on any atom is -0.481 e. The topological polar surface area (TPSA) is 96.1 Å². The third kappa shape index (κ3) is 6.31. The highest BCUT2D eigenvalue weighted by molar-refractivity contribution is 5.70. The number of ether oxygens (including phenoxy) is 1. The molecule has 1 aliphatic heterocycles. The van der Waals surface area contributed by atoms with Crippen LogP contribution in [0, 0.1) is 5.92 Å². The van der Waals surface area contributed by atoms with E-state index < -0.39 is 17.5 Å². The first-order chi connectivity index (χ1) is 9.73. The normalized spacial score (nSPS) is 18.4. The fourth-order valence-corrected chi connectivity index (χ4v) is 2.16. The van der Waals surface area contributed by atoms with Gasteiger partial charge >= 0.3 is 12.1 Å². The zero-order valence-electron chi connectivity index (χ0n) is 13.2. The molecule has 122 valence electrons. The van der Waals surface area contributed by atoms with Gasteiger partial charge in [0, 0.05) is 32.7 Å². The second kappa shape index (κ2) is 7.61. The molecule has 0 aromatic carbocycles. The van der Waals surface area contributed by atoms with E-state index in [2.05, 4.69) is 4.90 Å². The van der Waals surface area contributed by atoms with Crippen LogP contribution < -0.4 is 5.73 Å². The molecule has 0 spiro atoms. The molecule has 0 aromatic rings. The molecule has 7 nitrogen and oxygen atoms in total. The lowest BCUT2D eigenvalue weighted by atomic mass is 10.1. The van der Waals surface area contributed by atoms with Gasteiger partial charge in [0.05, 0.1) is 5.92 Å². The largest absolute Gasteiger partial charge is 0.481 e. The predicted molar refractivity (Wildman–Crippen MR) is 79.0 cm³/mol. The Morgan fingerprint density at radius 3 is 2.24 bits per heavy atom. The monoisotopic (exact) mass is 301 g/mol. The van der Waals surface area contributed by atoms with Gasteiger partial charge in [-0.15, -0.1) is 0 Å². The van der Waals surface area contributed by atoms with Crippen molar-refractivity contribution in [1.29, 1.82) is 0 Å². The summed E-state index contributed by atoms with van der Waals surface area (Å²) < 4.78 is 5.33. The Morgan fingerprint density at radius 1 is 1.24 bits per heavy atom.